The maximum Gasteiger partial charge on any atom is 0.216 e. The number of ether oxygens (including phenoxy) is 1. The van der Waals surface area contributed by atoms with Gasteiger partial charge in [-0.2, -0.15) is 0 Å². The van der Waals surface area contributed by atoms with Gasteiger partial charge in [0.25, 0.3) is 0 Å². The van der Waals surface area contributed by atoms with Gasteiger partial charge in [-0.05, 0) is 11.0 Å². The molecule has 2 rings (SSSR count). The van der Waals surface area contributed by atoms with Gasteiger partial charge in [0, 0.05) is 11.6 Å². The molecule has 0 saturated carbocycles. The quantitative estimate of drug-likeness (QED) is 0.804. The fourth-order valence-corrected chi connectivity index (χ4v) is 1.84. The summed E-state index contributed by atoms with van der Waals surface area (Å²) in [7, 11) is 1.51. The standard InChI is InChI=1S/C16H18N2O2/c1-16(2,3)12-7-5-11(6-8-12)15(19)13-9-14(20-4)18-10-17-13/h5-10H,1-4H3. The third-order valence-electron chi connectivity index (χ3n) is 3.10. The van der Waals surface area contributed by atoms with Gasteiger partial charge >= 0.3 is 0 Å². The van der Waals surface area contributed by atoms with Gasteiger partial charge < -0.3 is 4.74 Å². The van der Waals surface area contributed by atoms with Crippen molar-refractivity contribution in [3.63, 3.8) is 0 Å². The molecule has 1 aromatic heterocycles. The fourth-order valence-electron chi connectivity index (χ4n) is 1.84. The first kappa shape index (κ1) is 14.2. The minimum absolute atomic E-state index is 0.0692. The highest BCUT2D eigenvalue weighted by Crippen LogP contribution is 2.23. The van der Waals surface area contributed by atoms with Gasteiger partial charge in [0.05, 0.1) is 7.11 Å². The Morgan fingerprint density at radius 3 is 2.30 bits per heavy atom. The lowest BCUT2D eigenvalue weighted by Gasteiger charge is -2.18. The van der Waals surface area contributed by atoms with Crippen LogP contribution >= 0.6 is 0 Å². The molecule has 20 heavy (non-hydrogen) atoms. The molecular formula is C16H18N2O2. The van der Waals surface area contributed by atoms with Crippen molar-refractivity contribution in [1.82, 2.24) is 9.97 Å². The van der Waals surface area contributed by atoms with E-state index >= 15 is 0 Å². The van der Waals surface area contributed by atoms with E-state index in [4.69, 9.17) is 4.74 Å². The largest absolute Gasteiger partial charge is 0.481 e. The van der Waals surface area contributed by atoms with Crippen LogP contribution in [-0.4, -0.2) is 22.9 Å². The number of hydrogen-bond donors (Lipinski definition) is 0. The summed E-state index contributed by atoms with van der Waals surface area (Å²) in [5, 5.41) is 0. The van der Waals surface area contributed by atoms with Crippen LogP contribution in [0.3, 0.4) is 0 Å². The van der Waals surface area contributed by atoms with Crippen LogP contribution in [0.25, 0.3) is 0 Å². The first-order valence-corrected chi connectivity index (χ1v) is 6.43. The van der Waals surface area contributed by atoms with E-state index in [0.29, 0.717) is 17.1 Å². The predicted octanol–water partition coefficient (Wildman–Crippen LogP) is 3.01. The second-order valence-corrected chi connectivity index (χ2v) is 5.60. The molecule has 0 saturated heterocycles. The summed E-state index contributed by atoms with van der Waals surface area (Å²) < 4.78 is 5.00. The minimum atomic E-state index is -0.133. The predicted molar refractivity (Wildman–Crippen MR) is 77.2 cm³/mol. The van der Waals surface area contributed by atoms with Crippen molar-refractivity contribution < 1.29 is 9.53 Å². The Morgan fingerprint density at radius 2 is 1.75 bits per heavy atom. The van der Waals surface area contributed by atoms with Gasteiger partial charge in [0.1, 0.15) is 12.0 Å². The van der Waals surface area contributed by atoms with Crippen molar-refractivity contribution in [3.8, 4) is 5.88 Å². The molecule has 0 bridgehead atoms. The molecule has 0 unspecified atom stereocenters. The third kappa shape index (κ3) is 3.02. The lowest BCUT2D eigenvalue weighted by atomic mass is 9.86. The number of carbonyl (C=O) groups is 1. The summed E-state index contributed by atoms with van der Waals surface area (Å²) in [5.74, 6) is 0.251. The molecule has 4 nitrogen and oxygen atoms in total. The topological polar surface area (TPSA) is 52.1 Å². The SMILES string of the molecule is COc1cc(C(=O)c2ccc(C(C)(C)C)cc2)ncn1. The van der Waals surface area contributed by atoms with Crippen molar-refractivity contribution in [3.05, 3.63) is 53.5 Å². The van der Waals surface area contributed by atoms with Crippen molar-refractivity contribution >= 4 is 5.78 Å². The van der Waals surface area contributed by atoms with Crippen LogP contribution in [0.2, 0.25) is 0 Å². The summed E-state index contributed by atoms with van der Waals surface area (Å²) in [6, 6.07) is 9.16. The zero-order chi connectivity index (χ0) is 14.8. The Hall–Kier alpha value is -2.23. The third-order valence-corrected chi connectivity index (χ3v) is 3.10. The lowest BCUT2D eigenvalue weighted by Crippen LogP contribution is -2.11. The highest BCUT2D eigenvalue weighted by molar-refractivity contribution is 6.07. The smallest absolute Gasteiger partial charge is 0.216 e. The van der Waals surface area contributed by atoms with Gasteiger partial charge in [-0.25, -0.2) is 9.97 Å². The monoisotopic (exact) mass is 270 g/mol. The highest BCUT2D eigenvalue weighted by atomic mass is 16.5. The van der Waals surface area contributed by atoms with E-state index in [1.165, 1.54) is 19.0 Å². The van der Waals surface area contributed by atoms with Crippen LogP contribution in [0.1, 0.15) is 42.4 Å². The molecule has 0 amide bonds. The van der Waals surface area contributed by atoms with Crippen molar-refractivity contribution in [1.29, 1.82) is 0 Å². The zero-order valence-electron chi connectivity index (χ0n) is 12.2. The van der Waals surface area contributed by atoms with Crippen LogP contribution in [0.4, 0.5) is 0 Å². The maximum absolute atomic E-state index is 12.3. The number of rotatable bonds is 3. The van der Waals surface area contributed by atoms with E-state index in [0.717, 1.165) is 0 Å². The van der Waals surface area contributed by atoms with E-state index in [9.17, 15) is 4.79 Å². The molecule has 4 heteroatoms. The van der Waals surface area contributed by atoms with Crippen molar-refractivity contribution in [2.24, 2.45) is 0 Å². The Balaban J connectivity index is 2.29. The Kier molecular flexibility index (Phi) is 3.84. The minimum Gasteiger partial charge on any atom is -0.481 e. The van der Waals surface area contributed by atoms with E-state index in [1.807, 2.05) is 24.3 Å². The molecule has 0 N–H and O–H groups in total. The summed E-state index contributed by atoms with van der Waals surface area (Å²) in [6.07, 6.45) is 1.33. The Morgan fingerprint density at radius 1 is 1.10 bits per heavy atom. The second kappa shape index (κ2) is 5.41. The molecule has 0 aliphatic heterocycles. The van der Waals surface area contributed by atoms with Crippen LogP contribution in [0, 0.1) is 0 Å². The fraction of sp³-hybridized carbons (Fsp3) is 0.312. The van der Waals surface area contributed by atoms with Crippen LogP contribution in [0.15, 0.2) is 36.7 Å². The van der Waals surface area contributed by atoms with E-state index in [-0.39, 0.29) is 11.2 Å². The van der Waals surface area contributed by atoms with Gasteiger partial charge in [-0.1, -0.05) is 45.0 Å². The van der Waals surface area contributed by atoms with Gasteiger partial charge in [0.15, 0.2) is 0 Å². The van der Waals surface area contributed by atoms with E-state index < -0.39 is 0 Å². The molecule has 2 aromatic rings. The normalized spacial score (nSPS) is 11.2. The van der Waals surface area contributed by atoms with Crippen molar-refractivity contribution in [2.75, 3.05) is 7.11 Å². The van der Waals surface area contributed by atoms with Crippen LogP contribution in [0.5, 0.6) is 5.88 Å². The first-order chi connectivity index (χ1) is 9.41. The molecule has 1 aromatic carbocycles. The molecule has 104 valence electrons. The number of benzene rings is 1. The average molecular weight is 270 g/mol. The second-order valence-electron chi connectivity index (χ2n) is 5.60. The van der Waals surface area contributed by atoms with Crippen molar-refractivity contribution in [2.45, 2.75) is 26.2 Å². The zero-order valence-corrected chi connectivity index (χ0v) is 12.2. The number of hydrogen-bond acceptors (Lipinski definition) is 4. The molecule has 0 aliphatic rings. The average Bonchev–Trinajstić information content (AvgIpc) is 2.46. The summed E-state index contributed by atoms with van der Waals surface area (Å²) in [6.45, 7) is 6.41. The van der Waals surface area contributed by atoms with Gasteiger partial charge in [0.2, 0.25) is 11.7 Å². The number of aromatic nitrogens is 2. The first-order valence-electron chi connectivity index (χ1n) is 6.43. The number of methoxy groups -OCH3 is 1. The molecule has 1 heterocycles. The van der Waals surface area contributed by atoms with Gasteiger partial charge in [-0.15, -0.1) is 0 Å². The molecule has 0 fully saturated rings. The number of nitrogens with zero attached hydrogens (tertiary/aromatic N) is 2. The van der Waals surface area contributed by atoms with Gasteiger partial charge in [-0.3, -0.25) is 4.79 Å². The summed E-state index contributed by atoms with van der Waals surface area (Å²) in [5.41, 5.74) is 2.20. The van der Waals surface area contributed by atoms with Crippen LogP contribution in [-0.2, 0) is 5.41 Å². The molecular weight excluding hydrogens is 252 g/mol. The Labute approximate surface area is 118 Å². The highest BCUT2D eigenvalue weighted by Gasteiger charge is 2.16. The summed E-state index contributed by atoms with van der Waals surface area (Å²) >= 11 is 0. The molecule has 0 atom stereocenters. The van der Waals surface area contributed by atoms with E-state index in [1.54, 1.807) is 6.07 Å². The van der Waals surface area contributed by atoms with Crippen LogP contribution < -0.4 is 4.74 Å². The van der Waals surface area contributed by atoms with E-state index in [2.05, 4.69) is 30.7 Å². The molecule has 0 aliphatic carbocycles. The number of carbonyl (C=O) groups excluding carboxylic acids is 1. The number of ketones is 1. The Bertz CT molecular complexity index is 613. The molecule has 0 spiro atoms. The maximum atomic E-state index is 12.3. The lowest BCUT2D eigenvalue weighted by molar-refractivity contribution is 0.103. The summed E-state index contributed by atoms with van der Waals surface area (Å²) in [4.78, 5) is 20.2. The molecule has 0 radical (unpaired) electrons.